The number of aryl methyl sites for hydroxylation is 1. The van der Waals surface area contributed by atoms with Crippen molar-refractivity contribution < 1.29 is 4.79 Å². The summed E-state index contributed by atoms with van der Waals surface area (Å²) in [5, 5.41) is 5.66. The van der Waals surface area contributed by atoms with Crippen LogP contribution in [0.25, 0.3) is 44.6 Å². The zero-order valence-corrected chi connectivity index (χ0v) is 16.0. The van der Waals surface area contributed by atoms with Crippen molar-refractivity contribution in [3.05, 3.63) is 66.0 Å². The van der Waals surface area contributed by atoms with Gasteiger partial charge in [-0.3, -0.25) is 14.5 Å². The van der Waals surface area contributed by atoms with Gasteiger partial charge in [0.05, 0.1) is 22.1 Å². The highest BCUT2D eigenvalue weighted by Gasteiger charge is 2.17. The van der Waals surface area contributed by atoms with Crippen LogP contribution in [0.2, 0.25) is 0 Å². The van der Waals surface area contributed by atoms with E-state index < -0.39 is 5.91 Å². The van der Waals surface area contributed by atoms with Gasteiger partial charge in [0, 0.05) is 30.4 Å². The third-order valence-corrected chi connectivity index (χ3v) is 5.26. The van der Waals surface area contributed by atoms with Gasteiger partial charge in [0.25, 0.3) is 5.91 Å². The molecule has 3 heterocycles. The van der Waals surface area contributed by atoms with Crippen LogP contribution in [0.15, 0.2) is 54.9 Å². The summed E-state index contributed by atoms with van der Waals surface area (Å²) in [5.41, 5.74) is 12.1. The lowest BCUT2D eigenvalue weighted by atomic mass is 9.97. The summed E-state index contributed by atoms with van der Waals surface area (Å²) in [7, 11) is 1.91. The molecule has 7 heteroatoms. The predicted molar refractivity (Wildman–Crippen MR) is 112 cm³/mol. The fourth-order valence-electron chi connectivity index (χ4n) is 3.74. The molecule has 3 aromatic heterocycles. The lowest BCUT2D eigenvalue weighted by molar-refractivity contribution is 0.0999. The minimum absolute atomic E-state index is 0.422. The van der Waals surface area contributed by atoms with Crippen molar-refractivity contribution in [3.8, 4) is 22.6 Å². The van der Waals surface area contributed by atoms with E-state index in [4.69, 9.17) is 15.8 Å². The Morgan fingerprint density at radius 1 is 1.14 bits per heavy atom. The maximum absolute atomic E-state index is 11.7. The Kier molecular flexibility index (Phi) is 3.70. The first-order chi connectivity index (χ1) is 14.0. The highest BCUT2D eigenvalue weighted by atomic mass is 16.1. The molecular weight excluding hydrogens is 364 g/mol. The number of para-hydroxylation sites is 2. The van der Waals surface area contributed by atoms with E-state index in [0.717, 1.165) is 50.1 Å². The minimum atomic E-state index is -0.484. The topological polar surface area (TPSA) is 102 Å². The number of nitrogens with zero attached hydrogens (tertiary/aromatic N) is 4. The van der Waals surface area contributed by atoms with Gasteiger partial charge in [0.2, 0.25) is 0 Å². The number of amides is 1. The van der Waals surface area contributed by atoms with Crippen molar-refractivity contribution in [1.29, 1.82) is 0 Å². The largest absolute Gasteiger partial charge is 0.366 e. The van der Waals surface area contributed by atoms with Gasteiger partial charge < -0.3 is 10.7 Å². The van der Waals surface area contributed by atoms with Crippen LogP contribution in [0.1, 0.15) is 15.9 Å². The smallest absolute Gasteiger partial charge is 0.250 e. The molecular formula is C22H18N6O. The summed E-state index contributed by atoms with van der Waals surface area (Å²) < 4.78 is 1.84. The maximum atomic E-state index is 11.7. The summed E-state index contributed by atoms with van der Waals surface area (Å²) in [6.07, 6.45) is 3.25. The molecule has 0 saturated carbocycles. The molecule has 0 radical (unpaired) electrons. The van der Waals surface area contributed by atoms with Crippen LogP contribution in [0.3, 0.4) is 0 Å². The van der Waals surface area contributed by atoms with Crippen molar-refractivity contribution >= 4 is 27.8 Å². The van der Waals surface area contributed by atoms with Crippen LogP contribution in [0.4, 0.5) is 0 Å². The average Bonchev–Trinajstić information content (AvgIpc) is 3.28. The molecule has 29 heavy (non-hydrogen) atoms. The Morgan fingerprint density at radius 2 is 1.97 bits per heavy atom. The molecule has 1 amide bonds. The Morgan fingerprint density at radius 3 is 2.76 bits per heavy atom. The van der Waals surface area contributed by atoms with E-state index in [-0.39, 0.29) is 0 Å². The number of benzene rings is 2. The number of pyridine rings is 1. The number of carbonyl (C=O) groups is 1. The summed E-state index contributed by atoms with van der Waals surface area (Å²) in [4.78, 5) is 23.9. The summed E-state index contributed by atoms with van der Waals surface area (Å²) in [6, 6.07) is 14.0. The third kappa shape index (κ3) is 2.67. The second kappa shape index (κ2) is 6.27. The molecule has 5 rings (SSSR count). The van der Waals surface area contributed by atoms with Crippen molar-refractivity contribution in [2.24, 2.45) is 12.8 Å². The van der Waals surface area contributed by atoms with Gasteiger partial charge in [0.15, 0.2) is 5.82 Å². The fraction of sp³-hybridized carbons (Fsp3) is 0.0909. The maximum Gasteiger partial charge on any atom is 0.250 e. The molecule has 0 unspecified atom stereocenters. The molecule has 2 aromatic carbocycles. The van der Waals surface area contributed by atoms with Gasteiger partial charge in [-0.15, -0.1) is 0 Å². The Labute approximate surface area is 166 Å². The molecule has 0 aliphatic carbocycles. The van der Waals surface area contributed by atoms with E-state index in [1.165, 1.54) is 6.20 Å². The van der Waals surface area contributed by atoms with E-state index in [1.54, 1.807) is 6.20 Å². The van der Waals surface area contributed by atoms with E-state index >= 15 is 0 Å². The van der Waals surface area contributed by atoms with Crippen LogP contribution in [-0.4, -0.2) is 30.6 Å². The van der Waals surface area contributed by atoms with Crippen molar-refractivity contribution in [2.75, 3.05) is 0 Å². The molecule has 0 aliphatic heterocycles. The normalized spacial score (nSPS) is 11.4. The number of H-pyrrole nitrogens is 1. The molecule has 142 valence electrons. The number of hydrogen-bond donors (Lipinski definition) is 2. The highest BCUT2D eigenvalue weighted by molar-refractivity contribution is 5.98. The van der Waals surface area contributed by atoms with E-state index in [0.29, 0.717) is 5.56 Å². The van der Waals surface area contributed by atoms with Gasteiger partial charge in [-0.25, -0.2) is 4.98 Å². The van der Waals surface area contributed by atoms with Crippen molar-refractivity contribution in [2.45, 2.75) is 6.92 Å². The number of nitrogens with two attached hydrogens (primary N) is 1. The number of fused-ring (bicyclic) bond motifs is 2. The molecule has 0 spiro atoms. The van der Waals surface area contributed by atoms with E-state index in [9.17, 15) is 4.79 Å². The molecule has 0 fully saturated rings. The number of primary amides is 1. The fourth-order valence-corrected chi connectivity index (χ4v) is 3.74. The van der Waals surface area contributed by atoms with Gasteiger partial charge in [0.1, 0.15) is 5.69 Å². The van der Waals surface area contributed by atoms with E-state index in [2.05, 4.69) is 16.0 Å². The predicted octanol–water partition coefficient (Wildman–Crippen LogP) is 3.59. The molecule has 5 aromatic rings. The van der Waals surface area contributed by atoms with Gasteiger partial charge in [-0.2, -0.15) is 5.10 Å². The number of nitrogens with one attached hydrogen (secondary N) is 1. The summed E-state index contributed by atoms with van der Waals surface area (Å²) in [6.45, 7) is 1.88. The molecule has 0 saturated heterocycles. The van der Waals surface area contributed by atoms with Crippen LogP contribution in [0.5, 0.6) is 0 Å². The standard InChI is InChI=1S/C22H18N6O/c1-12-15(10-24-11-16(12)21(23)29)13-7-8-19-14(9-13)20(27-28(19)2)22-25-17-5-3-4-6-18(17)26-22/h3-11H,1-2H3,(H2,23,29)(H,25,26). The SMILES string of the molecule is Cc1c(C(N)=O)cncc1-c1ccc2c(c1)c(-c1nc3ccccc3[nH]1)nn2C. The molecule has 0 bridgehead atoms. The Bertz CT molecular complexity index is 1380. The number of rotatable bonds is 3. The van der Waals surface area contributed by atoms with Crippen molar-refractivity contribution in [3.63, 3.8) is 0 Å². The van der Waals surface area contributed by atoms with Gasteiger partial charge >= 0.3 is 0 Å². The Hall–Kier alpha value is -4.00. The van der Waals surface area contributed by atoms with Gasteiger partial charge in [-0.1, -0.05) is 18.2 Å². The van der Waals surface area contributed by atoms with Crippen molar-refractivity contribution in [1.82, 2.24) is 24.7 Å². The van der Waals surface area contributed by atoms with Gasteiger partial charge in [-0.05, 0) is 42.3 Å². The zero-order valence-electron chi connectivity index (χ0n) is 16.0. The third-order valence-electron chi connectivity index (χ3n) is 5.26. The lowest BCUT2D eigenvalue weighted by Gasteiger charge is -2.09. The first-order valence-electron chi connectivity index (χ1n) is 9.19. The molecule has 3 N–H and O–H groups in total. The second-order valence-electron chi connectivity index (χ2n) is 7.03. The molecule has 7 nitrogen and oxygen atoms in total. The molecule has 0 atom stereocenters. The lowest BCUT2D eigenvalue weighted by Crippen LogP contribution is -2.13. The summed E-state index contributed by atoms with van der Waals surface area (Å²) in [5.74, 6) is 0.233. The van der Waals surface area contributed by atoms with E-state index in [1.807, 2.05) is 55.1 Å². The summed E-state index contributed by atoms with van der Waals surface area (Å²) >= 11 is 0. The zero-order chi connectivity index (χ0) is 20.1. The number of imidazole rings is 1. The minimum Gasteiger partial charge on any atom is -0.366 e. The monoisotopic (exact) mass is 382 g/mol. The number of hydrogen-bond acceptors (Lipinski definition) is 4. The first-order valence-corrected chi connectivity index (χ1v) is 9.19. The average molecular weight is 382 g/mol. The van der Waals surface area contributed by atoms with Crippen LogP contribution < -0.4 is 5.73 Å². The highest BCUT2D eigenvalue weighted by Crippen LogP contribution is 2.32. The van der Waals surface area contributed by atoms with Crippen LogP contribution >= 0.6 is 0 Å². The quantitative estimate of drug-likeness (QED) is 0.498. The number of aromatic amines is 1. The molecule has 0 aliphatic rings. The second-order valence-corrected chi connectivity index (χ2v) is 7.03. The number of aromatic nitrogens is 5. The van der Waals surface area contributed by atoms with Crippen LogP contribution in [-0.2, 0) is 7.05 Å². The Balaban J connectivity index is 1.72. The first kappa shape index (κ1) is 17.1. The van der Waals surface area contributed by atoms with Crippen LogP contribution in [0, 0.1) is 6.92 Å². The number of carbonyl (C=O) groups excluding carboxylic acids is 1.